The fourth-order valence-corrected chi connectivity index (χ4v) is 4.67. The minimum absolute atomic E-state index is 0.0118. The maximum absolute atomic E-state index is 13.8. The molecule has 0 unspecified atom stereocenters. The number of aromatic nitrogens is 2. The molecule has 1 amide bonds. The SMILES string of the molecule is COc1ccc(C(=O)N(Cc2c(C)nn(-c3ccccc3)c2Oc2ccc(Cl)cc2)C[C@H]2CCCO2)cc1. The lowest BCUT2D eigenvalue weighted by Gasteiger charge is -2.26. The van der Waals surface area contributed by atoms with Crippen LogP contribution in [0.1, 0.15) is 34.5 Å². The van der Waals surface area contributed by atoms with Crippen molar-refractivity contribution in [3.05, 3.63) is 101 Å². The third-order valence-electron chi connectivity index (χ3n) is 6.59. The Labute approximate surface area is 227 Å². The first-order chi connectivity index (χ1) is 18.5. The van der Waals surface area contributed by atoms with Crippen LogP contribution in [0.3, 0.4) is 0 Å². The summed E-state index contributed by atoms with van der Waals surface area (Å²) in [4.78, 5) is 15.6. The van der Waals surface area contributed by atoms with Crippen molar-refractivity contribution in [2.24, 2.45) is 0 Å². The summed E-state index contributed by atoms with van der Waals surface area (Å²) in [5, 5.41) is 5.44. The minimum atomic E-state index is -0.0903. The summed E-state index contributed by atoms with van der Waals surface area (Å²) >= 11 is 6.10. The molecular weight excluding hydrogens is 502 g/mol. The molecule has 7 nitrogen and oxygen atoms in total. The van der Waals surface area contributed by atoms with Crippen molar-refractivity contribution < 1.29 is 19.0 Å². The van der Waals surface area contributed by atoms with Gasteiger partial charge in [-0.3, -0.25) is 4.79 Å². The van der Waals surface area contributed by atoms with Crippen molar-refractivity contribution >= 4 is 17.5 Å². The first kappa shape index (κ1) is 25.8. The fourth-order valence-electron chi connectivity index (χ4n) is 4.54. The number of para-hydroxylation sites is 1. The lowest BCUT2D eigenvalue weighted by atomic mass is 10.1. The van der Waals surface area contributed by atoms with E-state index in [4.69, 9.17) is 30.9 Å². The predicted molar refractivity (Wildman–Crippen MR) is 147 cm³/mol. The van der Waals surface area contributed by atoms with Gasteiger partial charge in [0.05, 0.1) is 36.7 Å². The van der Waals surface area contributed by atoms with Crippen LogP contribution in [-0.2, 0) is 11.3 Å². The van der Waals surface area contributed by atoms with Crippen LogP contribution in [0.5, 0.6) is 17.4 Å². The van der Waals surface area contributed by atoms with Gasteiger partial charge in [-0.05, 0) is 80.4 Å². The highest BCUT2D eigenvalue weighted by atomic mass is 35.5. The Morgan fingerprint density at radius 2 is 1.76 bits per heavy atom. The zero-order chi connectivity index (χ0) is 26.5. The summed E-state index contributed by atoms with van der Waals surface area (Å²) in [6.07, 6.45) is 1.90. The van der Waals surface area contributed by atoms with Crippen molar-refractivity contribution in [2.45, 2.75) is 32.4 Å². The van der Waals surface area contributed by atoms with Gasteiger partial charge in [-0.25, -0.2) is 4.68 Å². The Morgan fingerprint density at radius 1 is 1.05 bits per heavy atom. The fraction of sp³-hybridized carbons (Fsp3) is 0.267. The molecule has 5 rings (SSSR count). The summed E-state index contributed by atoms with van der Waals surface area (Å²) in [5.41, 5.74) is 3.04. The second kappa shape index (κ2) is 11.7. The number of amides is 1. The molecule has 1 atom stereocenters. The molecule has 1 aliphatic heterocycles. The molecule has 0 saturated carbocycles. The van der Waals surface area contributed by atoms with Gasteiger partial charge < -0.3 is 19.1 Å². The Balaban J connectivity index is 1.53. The Hall–Kier alpha value is -3.81. The Kier molecular flexibility index (Phi) is 7.96. The monoisotopic (exact) mass is 531 g/mol. The summed E-state index contributed by atoms with van der Waals surface area (Å²) in [6.45, 7) is 3.43. The number of nitrogens with zero attached hydrogens (tertiary/aromatic N) is 3. The zero-order valence-corrected chi connectivity index (χ0v) is 22.2. The number of ether oxygens (including phenoxy) is 3. The van der Waals surface area contributed by atoms with E-state index >= 15 is 0 Å². The van der Waals surface area contributed by atoms with Crippen molar-refractivity contribution in [3.8, 4) is 23.1 Å². The maximum Gasteiger partial charge on any atom is 0.254 e. The number of methoxy groups -OCH3 is 1. The molecule has 3 aromatic carbocycles. The molecule has 8 heteroatoms. The number of rotatable bonds is 9. The lowest BCUT2D eigenvalue weighted by molar-refractivity contribution is 0.0505. The Bertz CT molecular complexity index is 1370. The number of halogens is 1. The highest BCUT2D eigenvalue weighted by molar-refractivity contribution is 6.30. The van der Waals surface area contributed by atoms with Crippen LogP contribution in [-0.4, -0.2) is 47.0 Å². The van der Waals surface area contributed by atoms with Crippen LogP contribution in [0.25, 0.3) is 5.69 Å². The molecule has 2 heterocycles. The molecule has 0 bridgehead atoms. The van der Waals surface area contributed by atoms with E-state index in [0.717, 1.165) is 29.8 Å². The normalized spacial score (nSPS) is 14.9. The standard InChI is InChI=1S/C30H30ClN3O4/c1-21-28(20-33(19-27-9-6-18-37-27)29(35)22-10-14-25(36-2)15-11-22)30(38-26-16-12-23(31)13-17-26)34(32-21)24-7-4-3-5-8-24/h3-5,7-8,10-17,27H,6,9,18-20H2,1-2H3/t27-/m1/s1. The van der Waals surface area contributed by atoms with Crippen LogP contribution < -0.4 is 9.47 Å². The van der Waals surface area contributed by atoms with Gasteiger partial charge in [-0.15, -0.1) is 0 Å². The van der Waals surface area contributed by atoms with E-state index < -0.39 is 0 Å². The smallest absolute Gasteiger partial charge is 0.254 e. The molecular formula is C30H30ClN3O4. The molecule has 0 spiro atoms. The highest BCUT2D eigenvalue weighted by Gasteiger charge is 2.28. The first-order valence-corrected chi connectivity index (χ1v) is 13.0. The van der Waals surface area contributed by atoms with Gasteiger partial charge >= 0.3 is 0 Å². The third kappa shape index (κ3) is 5.85. The number of aryl methyl sites for hydroxylation is 1. The average molecular weight is 532 g/mol. The summed E-state index contributed by atoms with van der Waals surface area (Å²) in [7, 11) is 1.61. The molecule has 0 radical (unpaired) electrons. The quantitative estimate of drug-likeness (QED) is 0.248. The second-order valence-corrected chi connectivity index (χ2v) is 9.66. The first-order valence-electron chi connectivity index (χ1n) is 12.6. The maximum atomic E-state index is 13.8. The molecule has 1 fully saturated rings. The molecule has 0 aliphatic carbocycles. The van der Waals surface area contributed by atoms with Gasteiger partial charge in [0.1, 0.15) is 11.5 Å². The van der Waals surface area contributed by atoms with Crippen LogP contribution in [0, 0.1) is 6.92 Å². The van der Waals surface area contributed by atoms with E-state index in [1.54, 1.807) is 48.2 Å². The largest absolute Gasteiger partial charge is 0.497 e. The van der Waals surface area contributed by atoms with Crippen LogP contribution in [0.2, 0.25) is 5.02 Å². The minimum Gasteiger partial charge on any atom is -0.497 e. The highest BCUT2D eigenvalue weighted by Crippen LogP contribution is 2.33. The number of carbonyl (C=O) groups is 1. The van der Waals surface area contributed by atoms with Gasteiger partial charge in [0, 0.05) is 23.7 Å². The number of carbonyl (C=O) groups excluding carboxylic acids is 1. The predicted octanol–water partition coefficient (Wildman–Crippen LogP) is 6.46. The van der Waals surface area contributed by atoms with Crippen LogP contribution in [0.15, 0.2) is 78.9 Å². The van der Waals surface area contributed by atoms with Gasteiger partial charge in [-0.2, -0.15) is 5.10 Å². The van der Waals surface area contributed by atoms with Crippen molar-refractivity contribution in [1.29, 1.82) is 0 Å². The van der Waals surface area contributed by atoms with Gasteiger partial charge in [0.25, 0.3) is 5.91 Å². The number of benzene rings is 3. The number of hydrogen-bond donors (Lipinski definition) is 0. The molecule has 1 saturated heterocycles. The van der Waals surface area contributed by atoms with Gasteiger partial charge in [0.2, 0.25) is 5.88 Å². The molecule has 0 N–H and O–H groups in total. The van der Waals surface area contributed by atoms with Gasteiger partial charge in [0.15, 0.2) is 0 Å². The van der Waals surface area contributed by atoms with Crippen molar-refractivity contribution in [2.75, 3.05) is 20.3 Å². The summed E-state index contributed by atoms with van der Waals surface area (Å²) < 4.78 is 19.4. The molecule has 196 valence electrons. The van der Waals surface area contributed by atoms with Crippen LogP contribution >= 0.6 is 11.6 Å². The lowest BCUT2D eigenvalue weighted by Crippen LogP contribution is -2.37. The van der Waals surface area contributed by atoms with Gasteiger partial charge in [-0.1, -0.05) is 29.8 Å². The van der Waals surface area contributed by atoms with E-state index in [1.807, 2.05) is 54.3 Å². The molecule has 38 heavy (non-hydrogen) atoms. The van der Waals surface area contributed by atoms with E-state index in [2.05, 4.69) is 0 Å². The molecule has 4 aromatic rings. The van der Waals surface area contributed by atoms with E-state index in [-0.39, 0.29) is 12.0 Å². The Morgan fingerprint density at radius 3 is 2.42 bits per heavy atom. The second-order valence-electron chi connectivity index (χ2n) is 9.22. The summed E-state index contributed by atoms with van der Waals surface area (Å²) in [5.74, 6) is 1.79. The van der Waals surface area contributed by atoms with Crippen LogP contribution in [0.4, 0.5) is 0 Å². The van der Waals surface area contributed by atoms with Crippen molar-refractivity contribution in [1.82, 2.24) is 14.7 Å². The van der Waals surface area contributed by atoms with E-state index in [0.29, 0.717) is 47.7 Å². The third-order valence-corrected chi connectivity index (χ3v) is 6.84. The number of hydrogen-bond acceptors (Lipinski definition) is 5. The van der Waals surface area contributed by atoms with E-state index in [1.165, 1.54) is 0 Å². The van der Waals surface area contributed by atoms with Crippen molar-refractivity contribution in [3.63, 3.8) is 0 Å². The molecule has 1 aromatic heterocycles. The zero-order valence-electron chi connectivity index (χ0n) is 21.5. The average Bonchev–Trinajstić information content (AvgIpc) is 3.57. The summed E-state index contributed by atoms with van der Waals surface area (Å²) in [6, 6.07) is 24.2. The van der Waals surface area contributed by atoms with E-state index in [9.17, 15) is 4.79 Å². The topological polar surface area (TPSA) is 65.8 Å². The molecule has 1 aliphatic rings.